The number of H-pyrrole nitrogens is 1. The number of morpholine rings is 1. The second kappa shape index (κ2) is 7.05. The lowest BCUT2D eigenvalue weighted by Gasteiger charge is -2.48. The Morgan fingerprint density at radius 3 is 2.92 bits per heavy atom. The van der Waals surface area contributed by atoms with Crippen LogP contribution in [0, 0.1) is 13.8 Å². The number of hydrogen-bond acceptors (Lipinski definition) is 3. The largest absolute Gasteiger partial charge is 0.378 e. The predicted molar refractivity (Wildman–Crippen MR) is 104 cm³/mol. The molecule has 1 aromatic carbocycles. The Kier molecular flexibility index (Phi) is 4.76. The molecule has 2 fully saturated rings. The second-order valence-corrected chi connectivity index (χ2v) is 7.76. The molecule has 140 valence electrons. The summed E-state index contributed by atoms with van der Waals surface area (Å²) >= 11 is 0. The minimum Gasteiger partial charge on any atom is -0.378 e. The van der Waals surface area contributed by atoms with E-state index in [4.69, 9.17) is 4.74 Å². The molecule has 5 nitrogen and oxygen atoms in total. The van der Waals surface area contributed by atoms with Gasteiger partial charge in [0.15, 0.2) is 0 Å². The molecule has 0 bridgehead atoms. The van der Waals surface area contributed by atoms with Gasteiger partial charge in [0.2, 0.25) is 0 Å². The van der Waals surface area contributed by atoms with Gasteiger partial charge in [-0.2, -0.15) is 0 Å². The number of amides is 1. The van der Waals surface area contributed by atoms with Gasteiger partial charge in [0.25, 0.3) is 5.91 Å². The van der Waals surface area contributed by atoms with Crippen LogP contribution in [0.25, 0.3) is 10.9 Å². The number of nitrogens with zero attached hydrogens (tertiary/aromatic N) is 2. The molecule has 0 unspecified atom stereocenters. The molecule has 3 heterocycles. The lowest BCUT2D eigenvalue weighted by Crippen LogP contribution is -2.62. The van der Waals surface area contributed by atoms with E-state index in [9.17, 15) is 4.79 Å². The maximum Gasteiger partial charge on any atom is 0.253 e. The fourth-order valence-electron chi connectivity index (χ4n) is 4.48. The van der Waals surface area contributed by atoms with Gasteiger partial charge in [-0.25, -0.2) is 0 Å². The van der Waals surface area contributed by atoms with E-state index in [2.05, 4.69) is 30.7 Å². The SMILES string of the molecule is CCC[C@H]1COC[C@H]2CN(C(=O)c3ccc4[nH]c(C)c(C)c4c3)CCN12. The summed E-state index contributed by atoms with van der Waals surface area (Å²) in [4.78, 5) is 21.1. The third-order valence-corrected chi connectivity index (χ3v) is 6.08. The fraction of sp³-hybridized carbons (Fsp3) is 0.571. The lowest BCUT2D eigenvalue weighted by molar-refractivity contribution is -0.0776. The van der Waals surface area contributed by atoms with Crippen molar-refractivity contribution in [2.45, 2.75) is 45.7 Å². The molecule has 5 heteroatoms. The van der Waals surface area contributed by atoms with E-state index >= 15 is 0 Å². The summed E-state index contributed by atoms with van der Waals surface area (Å²) in [5.41, 5.74) is 4.28. The average molecular weight is 355 g/mol. The van der Waals surface area contributed by atoms with Crippen LogP contribution in [0.3, 0.4) is 0 Å². The van der Waals surface area contributed by atoms with Gasteiger partial charge in [0, 0.05) is 47.8 Å². The van der Waals surface area contributed by atoms with Crippen LogP contribution >= 0.6 is 0 Å². The number of nitrogens with one attached hydrogen (secondary N) is 1. The minimum absolute atomic E-state index is 0.141. The van der Waals surface area contributed by atoms with Crippen LogP contribution < -0.4 is 0 Å². The molecule has 1 aromatic heterocycles. The molecule has 1 N–H and O–H groups in total. The molecule has 2 atom stereocenters. The van der Waals surface area contributed by atoms with Crippen molar-refractivity contribution in [3.05, 3.63) is 35.0 Å². The van der Waals surface area contributed by atoms with Crippen LogP contribution in [0.2, 0.25) is 0 Å². The predicted octanol–water partition coefficient (Wildman–Crippen LogP) is 3.11. The smallest absolute Gasteiger partial charge is 0.253 e. The Labute approximate surface area is 155 Å². The van der Waals surface area contributed by atoms with E-state index in [-0.39, 0.29) is 5.91 Å². The molecule has 0 radical (unpaired) electrons. The van der Waals surface area contributed by atoms with E-state index in [0.717, 1.165) is 49.3 Å². The van der Waals surface area contributed by atoms with Gasteiger partial charge in [-0.3, -0.25) is 9.69 Å². The van der Waals surface area contributed by atoms with Crippen molar-refractivity contribution in [3.8, 4) is 0 Å². The highest BCUT2D eigenvalue weighted by atomic mass is 16.5. The summed E-state index contributed by atoms with van der Waals surface area (Å²) in [6.07, 6.45) is 2.35. The van der Waals surface area contributed by atoms with Crippen molar-refractivity contribution in [3.63, 3.8) is 0 Å². The molecule has 2 aliphatic heterocycles. The molecule has 1 amide bonds. The summed E-state index contributed by atoms with van der Waals surface area (Å²) in [5, 5.41) is 1.15. The van der Waals surface area contributed by atoms with E-state index in [1.54, 1.807) is 0 Å². The van der Waals surface area contributed by atoms with E-state index in [1.165, 1.54) is 24.1 Å². The highest BCUT2D eigenvalue weighted by Gasteiger charge is 2.36. The Morgan fingerprint density at radius 2 is 2.12 bits per heavy atom. The summed E-state index contributed by atoms with van der Waals surface area (Å²) in [5.74, 6) is 0.141. The molecule has 2 aromatic rings. The topological polar surface area (TPSA) is 48.6 Å². The van der Waals surface area contributed by atoms with Gasteiger partial charge in [-0.05, 0) is 44.0 Å². The van der Waals surface area contributed by atoms with E-state index in [0.29, 0.717) is 12.1 Å². The molecule has 0 spiro atoms. The quantitative estimate of drug-likeness (QED) is 0.920. The van der Waals surface area contributed by atoms with Gasteiger partial charge in [-0.1, -0.05) is 13.3 Å². The lowest BCUT2D eigenvalue weighted by atomic mass is 10.0. The highest BCUT2D eigenvalue weighted by Crippen LogP contribution is 2.25. The second-order valence-electron chi connectivity index (χ2n) is 7.76. The van der Waals surface area contributed by atoms with Crippen molar-refractivity contribution in [1.82, 2.24) is 14.8 Å². The van der Waals surface area contributed by atoms with E-state index < -0.39 is 0 Å². The van der Waals surface area contributed by atoms with E-state index in [1.807, 2.05) is 23.1 Å². The van der Waals surface area contributed by atoms with Crippen LogP contribution in [-0.2, 0) is 4.74 Å². The Hall–Kier alpha value is -1.85. The summed E-state index contributed by atoms with van der Waals surface area (Å²) < 4.78 is 5.83. The maximum absolute atomic E-state index is 13.1. The van der Waals surface area contributed by atoms with Gasteiger partial charge in [0.1, 0.15) is 0 Å². The normalized spacial score (nSPS) is 24.0. The van der Waals surface area contributed by atoms with Gasteiger partial charge in [0.05, 0.1) is 19.3 Å². The first-order valence-electron chi connectivity index (χ1n) is 9.80. The third-order valence-electron chi connectivity index (χ3n) is 6.08. The van der Waals surface area contributed by atoms with Crippen LogP contribution in [0.1, 0.15) is 41.4 Å². The molecule has 0 aliphatic carbocycles. The molecule has 0 saturated carbocycles. The van der Waals surface area contributed by atoms with Gasteiger partial charge in [-0.15, -0.1) is 0 Å². The van der Waals surface area contributed by atoms with Crippen molar-refractivity contribution in [1.29, 1.82) is 0 Å². The molecular weight excluding hydrogens is 326 g/mol. The minimum atomic E-state index is 0.141. The standard InChI is InChI=1S/C21H29N3O2/c1-4-5-17-12-26-13-18-11-23(8-9-24(17)18)21(25)16-6-7-20-19(10-16)14(2)15(3)22-20/h6-7,10,17-18,22H,4-5,8-9,11-13H2,1-3H3/t17-,18+/m0/s1. The number of aromatic amines is 1. The first-order chi connectivity index (χ1) is 12.6. The number of rotatable bonds is 3. The number of aromatic nitrogens is 1. The first-order valence-corrected chi connectivity index (χ1v) is 9.80. The average Bonchev–Trinajstić information content (AvgIpc) is 2.95. The highest BCUT2D eigenvalue weighted by molar-refractivity contribution is 5.99. The summed E-state index contributed by atoms with van der Waals surface area (Å²) in [7, 11) is 0. The number of fused-ring (bicyclic) bond motifs is 2. The zero-order valence-corrected chi connectivity index (χ0v) is 16.0. The summed E-state index contributed by atoms with van der Waals surface area (Å²) in [6, 6.07) is 6.86. The number of carbonyl (C=O) groups excluding carboxylic acids is 1. The van der Waals surface area contributed by atoms with Crippen LogP contribution in [0.15, 0.2) is 18.2 Å². The number of benzene rings is 1. The number of piperazine rings is 1. The van der Waals surface area contributed by atoms with Crippen LogP contribution in [0.4, 0.5) is 0 Å². The molecule has 26 heavy (non-hydrogen) atoms. The zero-order valence-electron chi connectivity index (χ0n) is 16.0. The van der Waals surface area contributed by atoms with Gasteiger partial charge >= 0.3 is 0 Å². The Balaban J connectivity index is 1.52. The van der Waals surface area contributed by atoms with Crippen molar-refractivity contribution in [2.75, 3.05) is 32.8 Å². The van der Waals surface area contributed by atoms with Crippen LogP contribution in [0.5, 0.6) is 0 Å². The molecule has 2 aliphatic rings. The van der Waals surface area contributed by atoms with Crippen LogP contribution in [-0.4, -0.2) is 65.6 Å². The molecular formula is C21H29N3O2. The first kappa shape index (κ1) is 17.6. The Morgan fingerprint density at radius 1 is 1.27 bits per heavy atom. The van der Waals surface area contributed by atoms with Crippen molar-refractivity contribution < 1.29 is 9.53 Å². The zero-order chi connectivity index (χ0) is 18.3. The maximum atomic E-state index is 13.1. The van der Waals surface area contributed by atoms with Crippen molar-refractivity contribution in [2.24, 2.45) is 0 Å². The number of carbonyl (C=O) groups is 1. The summed E-state index contributed by atoms with van der Waals surface area (Å²) in [6.45, 7) is 10.5. The van der Waals surface area contributed by atoms with Crippen molar-refractivity contribution >= 4 is 16.8 Å². The monoisotopic (exact) mass is 355 g/mol. The number of hydrogen-bond donors (Lipinski definition) is 1. The van der Waals surface area contributed by atoms with Gasteiger partial charge < -0.3 is 14.6 Å². The molecule has 2 saturated heterocycles. The third kappa shape index (κ3) is 3.03. The Bertz CT molecular complexity index is 811. The molecule has 4 rings (SSSR count). The number of ether oxygens (including phenoxy) is 1. The fourth-order valence-corrected chi connectivity index (χ4v) is 4.48. The number of aryl methyl sites for hydroxylation is 2.